The van der Waals surface area contributed by atoms with E-state index in [1.54, 1.807) is 0 Å². The Morgan fingerprint density at radius 2 is 1.94 bits per heavy atom. The van der Waals surface area contributed by atoms with Crippen molar-refractivity contribution in [2.75, 3.05) is 27.4 Å². The van der Waals surface area contributed by atoms with E-state index in [1.165, 1.54) is 31.6 Å². The molecule has 3 rings (SSSR count). The molecule has 0 spiro atoms. The van der Waals surface area contributed by atoms with Gasteiger partial charge in [0.15, 0.2) is 16.3 Å². The largest absolute Gasteiger partial charge is 0.493 e. The number of amides is 1. The molecule has 1 aromatic heterocycles. The van der Waals surface area contributed by atoms with Gasteiger partial charge in [-0.15, -0.1) is 0 Å². The van der Waals surface area contributed by atoms with Gasteiger partial charge in [0.2, 0.25) is 0 Å². The van der Waals surface area contributed by atoms with Crippen LogP contribution in [-0.4, -0.2) is 42.8 Å². The van der Waals surface area contributed by atoms with Crippen molar-refractivity contribution in [2.24, 2.45) is 4.99 Å². The first kappa shape index (κ1) is 22.9. The molecular weight excluding hydrogens is 490 g/mol. The number of carbonyl (C=O) groups is 1. The first-order valence-electron chi connectivity index (χ1n) is 9.25. The summed E-state index contributed by atoms with van der Waals surface area (Å²) in [5.74, 6) is -0.385. The Morgan fingerprint density at radius 1 is 1.23 bits per heavy atom. The number of ether oxygens (including phenoxy) is 3. The number of halogens is 1. The average Bonchev–Trinajstić information content (AvgIpc) is 3.08. The van der Waals surface area contributed by atoms with Crippen molar-refractivity contribution in [1.82, 2.24) is 4.57 Å². The third kappa shape index (κ3) is 4.94. The monoisotopic (exact) mass is 509 g/mol. The Morgan fingerprint density at radius 3 is 2.58 bits per heavy atom. The van der Waals surface area contributed by atoms with E-state index in [9.17, 15) is 14.9 Å². The van der Waals surface area contributed by atoms with Gasteiger partial charge >= 0.3 is 0 Å². The molecule has 0 unspecified atom stereocenters. The van der Waals surface area contributed by atoms with Crippen LogP contribution in [-0.2, 0) is 11.3 Å². The van der Waals surface area contributed by atoms with Crippen LogP contribution in [0.3, 0.4) is 0 Å². The molecule has 0 saturated heterocycles. The van der Waals surface area contributed by atoms with Crippen LogP contribution in [0.4, 0.5) is 5.69 Å². The fraction of sp³-hybridized carbons (Fsp3) is 0.300. The molecule has 1 amide bonds. The number of hydrogen-bond donors (Lipinski definition) is 0. The van der Waals surface area contributed by atoms with E-state index in [2.05, 4.69) is 20.9 Å². The van der Waals surface area contributed by atoms with Crippen molar-refractivity contribution in [3.63, 3.8) is 0 Å². The molecule has 9 nitrogen and oxygen atoms in total. The molecule has 0 atom stereocenters. The maximum Gasteiger partial charge on any atom is 0.286 e. The third-order valence-corrected chi connectivity index (χ3v) is 5.97. The van der Waals surface area contributed by atoms with E-state index in [4.69, 9.17) is 14.2 Å². The van der Waals surface area contributed by atoms with Gasteiger partial charge in [0.1, 0.15) is 5.56 Å². The van der Waals surface area contributed by atoms with Crippen molar-refractivity contribution < 1.29 is 23.9 Å². The second-order valence-electron chi connectivity index (χ2n) is 6.24. The summed E-state index contributed by atoms with van der Waals surface area (Å²) in [6.45, 7) is 3.39. The van der Waals surface area contributed by atoms with E-state index in [1.807, 2.05) is 29.7 Å². The van der Waals surface area contributed by atoms with E-state index in [0.29, 0.717) is 24.6 Å². The molecule has 2 aromatic carbocycles. The summed E-state index contributed by atoms with van der Waals surface area (Å²) in [6.07, 6.45) is 0. The summed E-state index contributed by atoms with van der Waals surface area (Å²) < 4.78 is 19.4. The summed E-state index contributed by atoms with van der Waals surface area (Å²) in [5.41, 5.74) is 0.301. The predicted molar refractivity (Wildman–Crippen MR) is 120 cm³/mol. The van der Waals surface area contributed by atoms with Crippen molar-refractivity contribution >= 4 is 49.1 Å². The topological polar surface area (TPSA) is 105 Å². The number of carbonyl (C=O) groups excluding carboxylic acids is 1. The number of benzene rings is 2. The average molecular weight is 510 g/mol. The molecule has 0 bridgehead atoms. The number of hydrogen-bond acceptors (Lipinski definition) is 7. The fourth-order valence-electron chi connectivity index (χ4n) is 2.99. The molecule has 0 aliphatic rings. The van der Waals surface area contributed by atoms with Crippen molar-refractivity contribution in [1.29, 1.82) is 0 Å². The lowest BCUT2D eigenvalue weighted by molar-refractivity contribution is -0.385. The van der Waals surface area contributed by atoms with Crippen LogP contribution < -0.4 is 14.3 Å². The number of nitrogens with zero attached hydrogens (tertiary/aromatic N) is 3. The molecule has 31 heavy (non-hydrogen) atoms. The van der Waals surface area contributed by atoms with Crippen molar-refractivity contribution in [2.45, 2.75) is 13.5 Å². The van der Waals surface area contributed by atoms with Crippen LogP contribution >= 0.6 is 27.3 Å². The number of rotatable bonds is 8. The number of aromatic nitrogens is 1. The second-order valence-corrected chi connectivity index (χ2v) is 8.17. The summed E-state index contributed by atoms with van der Waals surface area (Å²) >= 11 is 4.76. The Balaban J connectivity index is 2.16. The highest BCUT2D eigenvalue weighted by molar-refractivity contribution is 9.10. The Labute approximate surface area is 190 Å². The standard InChI is InChI=1S/C20H20BrN3O6S/c1-4-30-8-7-23-14-6-5-12(21)9-18(14)31-20(23)22-19(25)13-10-16(28-2)17(29-3)11-15(13)24(26)27/h5-6,9-11H,4,7-8H2,1-3H3. The maximum absolute atomic E-state index is 13.0. The molecule has 3 aromatic rings. The SMILES string of the molecule is CCOCCn1c(=NC(=O)c2cc(OC)c(OC)cc2[N+](=O)[O-])sc2cc(Br)ccc21. The first-order valence-corrected chi connectivity index (χ1v) is 10.9. The highest BCUT2D eigenvalue weighted by Crippen LogP contribution is 2.34. The fourth-order valence-corrected chi connectivity index (χ4v) is 4.59. The van der Waals surface area contributed by atoms with Crippen LogP contribution in [0.15, 0.2) is 39.8 Å². The molecule has 0 saturated carbocycles. The molecular formula is C20H20BrN3O6S. The van der Waals surface area contributed by atoms with Crippen molar-refractivity contribution in [3.05, 3.63) is 55.3 Å². The number of thiazole rings is 1. The summed E-state index contributed by atoms with van der Waals surface area (Å²) in [5, 5.41) is 11.6. The lowest BCUT2D eigenvalue weighted by atomic mass is 10.1. The number of methoxy groups -OCH3 is 2. The summed E-state index contributed by atoms with van der Waals surface area (Å²) in [6, 6.07) is 8.19. The van der Waals surface area contributed by atoms with Crippen molar-refractivity contribution in [3.8, 4) is 11.5 Å². The van der Waals surface area contributed by atoms with Gasteiger partial charge in [-0.2, -0.15) is 4.99 Å². The molecule has 164 valence electrons. The minimum absolute atomic E-state index is 0.157. The third-order valence-electron chi connectivity index (χ3n) is 4.43. The van der Waals surface area contributed by atoms with Gasteiger partial charge in [-0.25, -0.2) is 0 Å². The Hall–Kier alpha value is -2.76. The van der Waals surface area contributed by atoms with E-state index in [-0.39, 0.29) is 17.1 Å². The number of fused-ring (bicyclic) bond motifs is 1. The van der Waals surface area contributed by atoms with Crippen LogP contribution in [0.5, 0.6) is 11.5 Å². The zero-order valence-corrected chi connectivity index (χ0v) is 19.5. The minimum atomic E-state index is -0.747. The van der Waals surface area contributed by atoms with Gasteiger partial charge in [0, 0.05) is 23.7 Å². The Kier molecular flexibility index (Phi) is 7.42. The summed E-state index contributed by atoms with van der Waals surface area (Å²) in [7, 11) is 2.75. The van der Waals surface area contributed by atoms with Gasteiger partial charge in [-0.05, 0) is 25.1 Å². The smallest absolute Gasteiger partial charge is 0.286 e. The highest BCUT2D eigenvalue weighted by Gasteiger charge is 2.24. The minimum Gasteiger partial charge on any atom is -0.493 e. The molecule has 0 radical (unpaired) electrons. The van der Waals surface area contributed by atoms with Gasteiger partial charge in [0.05, 0.1) is 42.0 Å². The summed E-state index contributed by atoms with van der Waals surface area (Å²) in [4.78, 5) is 28.6. The molecule has 0 aliphatic carbocycles. The lowest BCUT2D eigenvalue weighted by Crippen LogP contribution is -2.20. The van der Waals surface area contributed by atoms with Crippen LogP contribution in [0.2, 0.25) is 0 Å². The molecule has 0 N–H and O–H groups in total. The quantitative estimate of drug-likeness (QED) is 0.256. The van der Waals surface area contributed by atoms with Crippen LogP contribution in [0, 0.1) is 10.1 Å². The molecule has 11 heteroatoms. The molecule has 0 fully saturated rings. The first-order chi connectivity index (χ1) is 14.9. The van der Waals surface area contributed by atoms with Gasteiger partial charge in [-0.3, -0.25) is 14.9 Å². The zero-order chi connectivity index (χ0) is 22.5. The van der Waals surface area contributed by atoms with E-state index < -0.39 is 16.5 Å². The van der Waals surface area contributed by atoms with E-state index >= 15 is 0 Å². The Bertz CT molecular complexity index is 1200. The number of nitro groups is 1. The van der Waals surface area contributed by atoms with Gasteiger partial charge < -0.3 is 18.8 Å². The van der Waals surface area contributed by atoms with Crippen LogP contribution in [0.1, 0.15) is 17.3 Å². The predicted octanol–water partition coefficient (Wildman–Crippen LogP) is 4.17. The molecule has 0 aliphatic heterocycles. The van der Waals surface area contributed by atoms with E-state index in [0.717, 1.165) is 20.8 Å². The number of nitro benzene ring substituents is 1. The highest BCUT2D eigenvalue weighted by atomic mass is 79.9. The zero-order valence-electron chi connectivity index (χ0n) is 17.1. The van der Waals surface area contributed by atoms with Crippen LogP contribution in [0.25, 0.3) is 10.2 Å². The normalized spacial score (nSPS) is 11.7. The maximum atomic E-state index is 13.0. The molecule has 1 heterocycles. The second kappa shape index (κ2) is 10.0. The van der Waals surface area contributed by atoms with Gasteiger partial charge in [0.25, 0.3) is 11.6 Å². The lowest BCUT2D eigenvalue weighted by Gasteiger charge is -2.09. The van der Waals surface area contributed by atoms with Gasteiger partial charge in [-0.1, -0.05) is 27.3 Å².